The van der Waals surface area contributed by atoms with E-state index in [1.807, 2.05) is 0 Å². The Hall–Kier alpha value is -3.86. The lowest BCUT2D eigenvalue weighted by Gasteiger charge is -2.17. The van der Waals surface area contributed by atoms with E-state index in [2.05, 4.69) is 37.5 Å². The number of nitrogens with one attached hydrogen (secondary N) is 3. The second kappa shape index (κ2) is 9.74. The Morgan fingerprint density at radius 1 is 1.12 bits per heavy atom. The third-order valence-corrected chi connectivity index (χ3v) is 4.53. The molecule has 0 aliphatic carbocycles. The van der Waals surface area contributed by atoms with Crippen molar-refractivity contribution in [2.24, 2.45) is 0 Å². The number of anilines is 5. The number of carbonyl (C=O) groups is 1. The Bertz CT molecular complexity index is 1200. The molecule has 12 heteroatoms. The summed E-state index contributed by atoms with van der Waals surface area (Å²) in [5.41, 5.74) is 0.0983. The fourth-order valence-corrected chi connectivity index (χ4v) is 2.81. The van der Waals surface area contributed by atoms with Gasteiger partial charge in [0.15, 0.2) is 5.82 Å². The summed E-state index contributed by atoms with van der Waals surface area (Å²) in [5, 5.41) is 8.05. The molecule has 1 aromatic carbocycles. The molecule has 3 aromatic rings. The number of rotatable bonds is 7. The van der Waals surface area contributed by atoms with E-state index in [9.17, 15) is 18.0 Å². The van der Waals surface area contributed by atoms with E-state index < -0.39 is 23.5 Å². The number of aryl methyl sites for hydroxylation is 1. The number of pyridine rings is 1. The molecule has 3 rings (SSSR count). The van der Waals surface area contributed by atoms with Crippen LogP contribution in [0.4, 0.5) is 42.1 Å². The quantitative estimate of drug-likeness (QED) is 0.387. The van der Waals surface area contributed by atoms with E-state index in [0.29, 0.717) is 6.20 Å². The van der Waals surface area contributed by atoms with Gasteiger partial charge in [0.1, 0.15) is 11.4 Å². The van der Waals surface area contributed by atoms with Crippen LogP contribution in [0, 0.1) is 6.92 Å². The number of ether oxygens (including phenoxy) is 1. The first-order valence-corrected chi connectivity index (χ1v) is 9.71. The van der Waals surface area contributed by atoms with Gasteiger partial charge in [0.05, 0.1) is 23.5 Å². The zero-order chi connectivity index (χ0) is 24.2. The molecule has 0 atom stereocenters. The van der Waals surface area contributed by atoms with E-state index in [1.165, 1.54) is 25.3 Å². The molecule has 2 aromatic heterocycles. The molecular formula is C21H18ClF3N6O2. The summed E-state index contributed by atoms with van der Waals surface area (Å²) in [6.45, 7) is 5.14. The summed E-state index contributed by atoms with van der Waals surface area (Å²) in [7, 11) is 1.40. The Labute approximate surface area is 191 Å². The van der Waals surface area contributed by atoms with E-state index in [0.717, 1.165) is 11.6 Å². The Balaban J connectivity index is 2.02. The lowest BCUT2D eigenvalue weighted by molar-refractivity contribution is -0.137. The van der Waals surface area contributed by atoms with Crippen molar-refractivity contribution in [3.8, 4) is 5.88 Å². The topological polar surface area (TPSA) is 101 Å². The Morgan fingerprint density at radius 2 is 1.88 bits per heavy atom. The van der Waals surface area contributed by atoms with Crippen molar-refractivity contribution in [2.45, 2.75) is 13.1 Å². The monoisotopic (exact) mass is 478 g/mol. The van der Waals surface area contributed by atoms with E-state index in [4.69, 9.17) is 16.3 Å². The molecule has 3 N–H and O–H groups in total. The number of amides is 1. The van der Waals surface area contributed by atoms with Gasteiger partial charge < -0.3 is 20.7 Å². The SMILES string of the molecule is C=CC(=O)Nc1cc(C)ccc1Nc1nc(Nc2nc(OC)ccc2Cl)ncc1C(F)(F)F. The molecule has 2 heterocycles. The van der Waals surface area contributed by atoms with Crippen LogP contribution in [0.5, 0.6) is 5.88 Å². The van der Waals surface area contributed by atoms with Crippen LogP contribution in [-0.4, -0.2) is 28.0 Å². The lowest BCUT2D eigenvalue weighted by Crippen LogP contribution is -2.14. The number of benzene rings is 1. The largest absolute Gasteiger partial charge is 0.481 e. The zero-order valence-corrected chi connectivity index (χ0v) is 18.2. The maximum Gasteiger partial charge on any atom is 0.421 e. The predicted octanol–water partition coefficient (Wildman–Crippen LogP) is 5.47. The van der Waals surface area contributed by atoms with Crippen LogP contribution in [0.25, 0.3) is 0 Å². The Morgan fingerprint density at radius 3 is 2.55 bits per heavy atom. The molecule has 0 radical (unpaired) electrons. The molecule has 8 nitrogen and oxygen atoms in total. The standard InChI is InChI=1S/C21H18ClF3N6O2/c1-4-16(32)27-15-9-11(2)5-7-14(15)28-18-12(21(23,24)25)10-26-20(30-18)31-19-13(22)6-8-17(29-19)33-3/h4-10H,1H2,2-3H3,(H,27,32)(H2,26,28,29,30,31). The lowest BCUT2D eigenvalue weighted by atomic mass is 10.1. The van der Waals surface area contributed by atoms with Gasteiger partial charge in [-0.15, -0.1) is 0 Å². The van der Waals surface area contributed by atoms with Gasteiger partial charge >= 0.3 is 6.18 Å². The summed E-state index contributed by atoms with van der Waals surface area (Å²) in [6, 6.07) is 7.80. The van der Waals surface area contributed by atoms with Crippen LogP contribution >= 0.6 is 11.6 Å². The summed E-state index contributed by atoms with van der Waals surface area (Å²) in [4.78, 5) is 23.6. The summed E-state index contributed by atoms with van der Waals surface area (Å²) >= 11 is 6.09. The predicted molar refractivity (Wildman–Crippen MR) is 119 cm³/mol. The molecule has 0 bridgehead atoms. The number of nitrogens with zero attached hydrogens (tertiary/aromatic N) is 3. The van der Waals surface area contributed by atoms with Crippen molar-refractivity contribution in [1.82, 2.24) is 15.0 Å². The van der Waals surface area contributed by atoms with E-state index in [1.54, 1.807) is 19.1 Å². The smallest absolute Gasteiger partial charge is 0.421 e. The van der Waals surface area contributed by atoms with Crippen molar-refractivity contribution >= 4 is 46.5 Å². The molecular weight excluding hydrogens is 461 g/mol. The number of halogens is 4. The number of aromatic nitrogens is 3. The first-order chi connectivity index (χ1) is 15.6. The number of hydrogen-bond donors (Lipinski definition) is 3. The van der Waals surface area contributed by atoms with Gasteiger partial charge in [-0.05, 0) is 36.8 Å². The van der Waals surface area contributed by atoms with Crippen molar-refractivity contribution in [1.29, 1.82) is 0 Å². The Kier molecular flexibility index (Phi) is 7.02. The van der Waals surface area contributed by atoms with Crippen LogP contribution in [0.2, 0.25) is 5.02 Å². The molecule has 172 valence electrons. The normalized spacial score (nSPS) is 11.0. The molecule has 0 saturated carbocycles. The number of carbonyl (C=O) groups excluding carboxylic acids is 1. The van der Waals surface area contributed by atoms with Gasteiger partial charge in [0.2, 0.25) is 17.7 Å². The summed E-state index contributed by atoms with van der Waals surface area (Å²) in [5.74, 6) is -0.942. The fourth-order valence-electron chi connectivity index (χ4n) is 2.66. The van der Waals surface area contributed by atoms with Crippen LogP contribution in [-0.2, 0) is 11.0 Å². The number of methoxy groups -OCH3 is 1. The van der Waals surface area contributed by atoms with Gasteiger partial charge in [0.25, 0.3) is 0 Å². The molecule has 0 aliphatic heterocycles. The van der Waals surface area contributed by atoms with Gasteiger partial charge in [-0.2, -0.15) is 23.1 Å². The highest BCUT2D eigenvalue weighted by Crippen LogP contribution is 2.37. The first kappa shape index (κ1) is 23.8. The second-order valence-corrected chi connectivity index (χ2v) is 7.04. The average molecular weight is 479 g/mol. The first-order valence-electron chi connectivity index (χ1n) is 9.33. The molecule has 0 aliphatic rings. The van der Waals surface area contributed by atoms with E-state index >= 15 is 0 Å². The number of hydrogen-bond acceptors (Lipinski definition) is 7. The molecule has 33 heavy (non-hydrogen) atoms. The van der Waals surface area contributed by atoms with Crippen LogP contribution in [0.15, 0.2) is 49.2 Å². The van der Waals surface area contributed by atoms with Crippen LogP contribution in [0.3, 0.4) is 0 Å². The molecule has 0 fully saturated rings. The maximum absolute atomic E-state index is 13.6. The summed E-state index contributed by atoms with van der Waals surface area (Å²) < 4.78 is 45.9. The summed E-state index contributed by atoms with van der Waals surface area (Å²) in [6.07, 6.45) is -3.07. The minimum absolute atomic E-state index is 0.0935. The van der Waals surface area contributed by atoms with Crippen molar-refractivity contribution < 1.29 is 22.7 Å². The van der Waals surface area contributed by atoms with Crippen molar-refractivity contribution in [2.75, 3.05) is 23.1 Å². The fraction of sp³-hybridized carbons (Fsp3) is 0.143. The maximum atomic E-state index is 13.6. The van der Waals surface area contributed by atoms with Gasteiger partial charge in [-0.25, -0.2) is 4.98 Å². The zero-order valence-electron chi connectivity index (χ0n) is 17.4. The average Bonchev–Trinajstić information content (AvgIpc) is 2.76. The van der Waals surface area contributed by atoms with Crippen molar-refractivity contribution in [3.05, 3.63) is 65.3 Å². The minimum Gasteiger partial charge on any atom is -0.481 e. The van der Waals surface area contributed by atoms with Gasteiger partial charge in [-0.3, -0.25) is 4.79 Å². The van der Waals surface area contributed by atoms with Crippen LogP contribution < -0.4 is 20.7 Å². The highest BCUT2D eigenvalue weighted by molar-refractivity contribution is 6.33. The highest BCUT2D eigenvalue weighted by atomic mass is 35.5. The third kappa shape index (κ3) is 5.89. The van der Waals surface area contributed by atoms with Gasteiger partial charge in [-0.1, -0.05) is 24.2 Å². The minimum atomic E-state index is -4.75. The van der Waals surface area contributed by atoms with Crippen LogP contribution in [0.1, 0.15) is 11.1 Å². The second-order valence-electron chi connectivity index (χ2n) is 6.63. The molecule has 0 spiro atoms. The number of alkyl halides is 3. The molecule has 0 unspecified atom stereocenters. The van der Waals surface area contributed by atoms with E-state index in [-0.39, 0.29) is 34.0 Å². The van der Waals surface area contributed by atoms with Gasteiger partial charge in [0, 0.05) is 12.3 Å². The molecule has 1 amide bonds. The molecule has 0 saturated heterocycles. The third-order valence-electron chi connectivity index (χ3n) is 4.23. The highest BCUT2D eigenvalue weighted by Gasteiger charge is 2.35. The van der Waals surface area contributed by atoms with Crippen molar-refractivity contribution in [3.63, 3.8) is 0 Å².